The maximum absolute atomic E-state index is 5.22. The van der Waals surface area contributed by atoms with Gasteiger partial charge in [-0.2, -0.15) is 0 Å². The number of para-hydroxylation sites is 1. The summed E-state index contributed by atoms with van der Waals surface area (Å²) in [5.74, 6) is 0. The van der Waals surface area contributed by atoms with Gasteiger partial charge in [-0.25, -0.2) is 0 Å². The molecule has 1 N–H and O–H groups in total. The summed E-state index contributed by atoms with van der Waals surface area (Å²) in [6.07, 6.45) is 0.996. The van der Waals surface area contributed by atoms with Gasteiger partial charge in [0.1, 0.15) is 0 Å². The van der Waals surface area contributed by atoms with Crippen molar-refractivity contribution < 1.29 is 4.74 Å². The third-order valence-corrected chi connectivity index (χ3v) is 6.15. The van der Waals surface area contributed by atoms with Crippen LogP contribution in [0.2, 0.25) is 0 Å². The first-order valence-corrected chi connectivity index (χ1v) is 10.5. The van der Waals surface area contributed by atoms with Gasteiger partial charge >= 0.3 is 0 Å². The van der Waals surface area contributed by atoms with Crippen molar-refractivity contribution in [1.29, 1.82) is 0 Å². The largest absolute Gasteiger partial charge is 0.385 e. The van der Waals surface area contributed by atoms with E-state index in [9.17, 15) is 0 Å². The molecule has 0 spiro atoms. The number of ether oxygens (including phenoxy) is 1. The van der Waals surface area contributed by atoms with Gasteiger partial charge in [0.2, 0.25) is 0 Å². The molecule has 0 saturated carbocycles. The van der Waals surface area contributed by atoms with Gasteiger partial charge in [0.25, 0.3) is 0 Å². The summed E-state index contributed by atoms with van der Waals surface area (Å²) in [6.45, 7) is 1.69. The van der Waals surface area contributed by atoms with E-state index in [1.54, 1.807) is 19.1 Å². The molecule has 4 rings (SSSR count). The highest BCUT2D eigenvalue weighted by molar-refractivity contribution is 8.00. The second-order valence-electron chi connectivity index (χ2n) is 7.00. The van der Waals surface area contributed by atoms with Crippen LogP contribution >= 0.6 is 11.9 Å². The van der Waals surface area contributed by atoms with Crippen LogP contribution in [-0.2, 0) is 4.74 Å². The average molecular weight is 391 g/mol. The van der Waals surface area contributed by atoms with Gasteiger partial charge in [-0.05, 0) is 59.3 Å². The van der Waals surface area contributed by atoms with Crippen molar-refractivity contribution in [2.75, 3.05) is 31.6 Å². The van der Waals surface area contributed by atoms with Crippen LogP contribution in [0.5, 0.6) is 0 Å². The molecule has 3 aromatic carbocycles. The first kappa shape index (κ1) is 19.1. The number of hydrogen-bond donors (Lipinski definition) is 1. The highest BCUT2D eigenvalue weighted by Gasteiger charge is 2.26. The number of benzene rings is 3. The number of methoxy groups -OCH3 is 1. The summed E-state index contributed by atoms with van der Waals surface area (Å²) >= 11 is 1.80. The Morgan fingerprint density at radius 3 is 2.54 bits per heavy atom. The van der Waals surface area contributed by atoms with Gasteiger partial charge in [-0.3, -0.25) is 0 Å². The molecule has 1 heterocycles. The van der Waals surface area contributed by atoms with Gasteiger partial charge in [-0.1, -0.05) is 60.7 Å². The second-order valence-corrected chi connectivity index (χ2v) is 8.17. The summed E-state index contributed by atoms with van der Waals surface area (Å²) in [4.78, 5) is 1.30. The maximum Gasteiger partial charge on any atom is 0.0609 e. The minimum Gasteiger partial charge on any atom is -0.385 e. The maximum atomic E-state index is 5.22. The van der Waals surface area contributed by atoms with E-state index in [1.165, 1.54) is 32.8 Å². The van der Waals surface area contributed by atoms with Crippen LogP contribution in [0.25, 0.3) is 11.1 Å². The van der Waals surface area contributed by atoms with E-state index in [0.29, 0.717) is 0 Å². The number of fused-ring (bicyclic) bond motifs is 2. The fourth-order valence-corrected chi connectivity index (χ4v) is 4.76. The lowest BCUT2D eigenvalue weighted by molar-refractivity contribution is 0.193. The molecule has 1 aliphatic heterocycles. The Morgan fingerprint density at radius 1 is 0.929 bits per heavy atom. The molecule has 0 aromatic heterocycles. The van der Waals surface area contributed by atoms with Crippen LogP contribution in [0.3, 0.4) is 0 Å². The van der Waals surface area contributed by atoms with E-state index in [2.05, 4.69) is 89.5 Å². The first-order valence-electron chi connectivity index (χ1n) is 9.70. The van der Waals surface area contributed by atoms with Crippen molar-refractivity contribution in [2.24, 2.45) is 0 Å². The van der Waals surface area contributed by atoms with Crippen molar-refractivity contribution in [1.82, 2.24) is 5.32 Å². The zero-order valence-corrected chi connectivity index (χ0v) is 17.2. The molecule has 0 aliphatic carbocycles. The van der Waals surface area contributed by atoms with E-state index in [-0.39, 0.29) is 6.04 Å². The minimum atomic E-state index is 0.172. The Bertz CT molecular complexity index is 929. The molecule has 1 aliphatic rings. The number of nitrogens with zero attached hydrogens (tertiary/aromatic N) is 1. The monoisotopic (exact) mass is 390 g/mol. The lowest BCUT2D eigenvalue weighted by atomic mass is 9.94. The Labute approximate surface area is 171 Å². The van der Waals surface area contributed by atoms with Crippen LogP contribution in [0, 0.1) is 0 Å². The van der Waals surface area contributed by atoms with E-state index in [1.807, 2.05) is 0 Å². The van der Waals surface area contributed by atoms with Crippen molar-refractivity contribution in [3.8, 4) is 11.1 Å². The SMILES string of the molecule is COCCCNC1c2ccc(-c3ccccc3)cc2SN(C)c2ccccc21. The molecule has 144 valence electrons. The molecular formula is C24H26N2OS. The van der Waals surface area contributed by atoms with Gasteiger partial charge < -0.3 is 14.4 Å². The molecule has 28 heavy (non-hydrogen) atoms. The summed E-state index contributed by atoms with van der Waals surface area (Å²) in [5, 5.41) is 3.77. The van der Waals surface area contributed by atoms with Crippen molar-refractivity contribution in [2.45, 2.75) is 17.4 Å². The van der Waals surface area contributed by atoms with Crippen molar-refractivity contribution in [3.63, 3.8) is 0 Å². The zero-order chi connectivity index (χ0) is 19.3. The standard InChI is InChI=1S/C24H26N2OS/c1-26-22-12-7-6-11-20(22)24(25-15-8-16-27-2)21-14-13-19(17-23(21)28-26)18-9-4-3-5-10-18/h3-7,9-14,17,24-25H,8,15-16H2,1-2H3. The third kappa shape index (κ3) is 3.95. The molecule has 0 fully saturated rings. The van der Waals surface area contributed by atoms with Gasteiger partial charge in [0.15, 0.2) is 0 Å². The van der Waals surface area contributed by atoms with Crippen LogP contribution in [-0.4, -0.2) is 27.3 Å². The normalized spacial score (nSPS) is 15.6. The Balaban J connectivity index is 1.74. The molecule has 3 nitrogen and oxygen atoms in total. The van der Waals surface area contributed by atoms with Crippen LogP contribution in [0.15, 0.2) is 77.7 Å². The molecular weight excluding hydrogens is 364 g/mol. The molecule has 4 heteroatoms. The highest BCUT2D eigenvalue weighted by atomic mass is 32.2. The van der Waals surface area contributed by atoms with E-state index >= 15 is 0 Å². The van der Waals surface area contributed by atoms with Crippen molar-refractivity contribution in [3.05, 3.63) is 83.9 Å². The predicted octanol–water partition coefficient (Wildman–Crippen LogP) is 5.53. The van der Waals surface area contributed by atoms with Gasteiger partial charge in [0.05, 0.1) is 11.7 Å². The fraction of sp³-hybridized carbons (Fsp3) is 0.250. The fourth-order valence-electron chi connectivity index (χ4n) is 3.73. The van der Waals surface area contributed by atoms with Crippen LogP contribution in [0.4, 0.5) is 5.69 Å². The summed E-state index contributed by atoms with van der Waals surface area (Å²) in [6, 6.07) is 26.3. The predicted molar refractivity (Wildman–Crippen MR) is 119 cm³/mol. The Hall–Kier alpha value is -2.27. The van der Waals surface area contributed by atoms with Gasteiger partial charge in [0, 0.05) is 25.7 Å². The van der Waals surface area contributed by atoms with E-state index < -0.39 is 0 Å². The number of nitrogens with one attached hydrogen (secondary N) is 1. The first-order chi connectivity index (χ1) is 13.8. The molecule has 0 amide bonds. The van der Waals surface area contributed by atoms with Crippen LogP contribution in [0.1, 0.15) is 23.6 Å². The summed E-state index contributed by atoms with van der Waals surface area (Å²) < 4.78 is 7.50. The molecule has 3 aromatic rings. The Morgan fingerprint density at radius 2 is 1.71 bits per heavy atom. The quantitative estimate of drug-likeness (QED) is 0.442. The average Bonchev–Trinajstić information content (AvgIpc) is 2.86. The lowest BCUT2D eigenvalue weighted by Crippen LogP contribution is -2.25. The van der Waals surface area contributed by atoms with E-state index in [4.69, 9.17) is 4.74 Å². The summed E-state index contributed by atoms with van der Waals surface area (Å²) in [5.41, 5.74) is 6.42. The topological polar surface area (TPSA) is 24.5 Å². The third-order valence-electron chi connectivity index (χ3n) is 5.13. The minimum absolute atomic E-state index is 0.172. The molecule has 0 bridgehead atoms. The number of hydrogen-bond acceptors (Lipinski definition) is 4. The molecule has 1 atom stereocenters. The number of anilines is 1. The number of rotatable bonds is 6. The molecule has 0 saturated heterocycles. The molecule has 1 unspecified atom stereocenters. The smallest absolute Gasteiger partial charge is 0.0609 e. The van der Waals surface area contributed by atoms with Crippen molar-refractivity contribution >= 4 is 17.6 Å². The van der Waals surface area contributed by atoms with E-state index in [0.717, 1.165) is 19.6 Å². The second kappa shape index (κ2) is 8.82. The van der Waals surface area contributed by atoms with Crippen LogP contribution < -0.4 is 9.62 Å². The zero-order valence-electron chi connectivity index (χ0n) is 16.4. The highest BCUT2D eigenvalue weighted by Crippen LogP contribution is 2.44. The molecule has 0 radical (unpaired) electrons. The lowest BCUT2D eigenvalue weighted by Gasteiger charge is -2.22. The Kier molecular flexibility index (Phi) is 6.01. The summed E-state index contributed by atoms with van der Waals surface area (Å²) in [7, 11) is 3.91. The van der Waals surface area contributed by atoms with Gasteiger partial charge in [-0.15, -0.1) is 0 Å².